The first-order chi connectivity index (χ1) is 9.24. The molecule has 2 rings (SSSR count). The summed E-state index contributed by atoms with van der Waals surface area (Å²) in [6.45, 7) is 9.11. The van der Waals surface area contributed by atoms with Crippen LogP contribution < -0.4 is 11.1 Å². The molecule has 1 amide bonds. The molecule has 0 heterocycles. The summed E-state index contributed by atoms with van der Waals surface area (Å²) in [7, 11) is 0. The minimum absolute atomic E-state index is 0.0103. The van der Waals surface area contributed by atoms with E-state index in [1.165, 1.54) is 0 Å². The Balaban J connectivity index is 1.98. The number of carbonyl (C=O) groups excluding carboxylic acids is 1. The van der Waals surface area contributed by atoms with Gasteiger partial charge in [0, 0.05) is 18.1 Å². The summed E-state index contributed by atoms with van der Waals surface area (Å²) in [6, 6.07) is 0.147. The number of rotatable bonds is 5. The fraction of sp³-hybridized carbons (Fsp3) is 0.867. The van der Waals surface area contributed by atoms with Crippen molar-refractivity contribution in [2.45, 2.75) is 59.1 Å². The van der Waals surface area contributed by atoms with Crippen molar-refractivity contribution in [2.75, 3.05) is 6.61 Å². The van der Waals surface area contributed by atoms with Gasteiger partial charge in [0.1, 0.15) is 0 Å². The lowest BCUT2D eigenvalue weighted by atomic mass is 9.60. The molecule has 0 aromatic rings. The molecule has 2 saturated carbocycles. The van der Waals surface area contributed by atoms with Gasteiger partial charge >= 0.3 is 0 Å². The van der Waals surface area contributed by atoms with Gasteiger partial charge in [-0.25, -0.2) is 0 Å². The maximum atomic E-state index is 12.6. The fourth-order valence-corrected chi connectivity index (χ4v) is 3.80. The molecule has 0 bridgehead atoms. The number of nitrogens with one attached hydrogen (secondary N) is 1. The van der Waals surface area contributed by atoms with Gasteiger partial charge in [-0.1, -0.05) is 33.0 Å². The van der Waals surface area contributed by atoms with Crippen molar-refractivity contribution in [3.8, 4) is 0 Å². The molecule has 0 saturated heterocycles. The number of hydrogen-bond acceptors (Lipinski definition) is 3. The summed E-state index contributed by atoms with van der Waals surface area (Å²) >= 11 is 5.13. The summed E-state index contributed by atoms with van der Waals surface area (Å²) in [5, 5.41) is 3.15. The van der Waals surface area contributed by atoms with Crippen LogP contribution in [-0.2, 0) is 9.53 Å². The number of amides is 1. The number of thiocarbonyl (C=S) groups is 1. The molecule has 5 heteroatoms. The van der Waals surface area contributed by atoms with Crippen LogP contribution in [0.25, 0.3) is 0 Å². The van der Waals surface area contributed by atoms with Crippen molar-refractivity contribution < 1.29 is 9.53 Å². The van der Waals surface area contributed by atoms with Crippen molar-refractivity contribution in [1.82, 2.24) is 5.32 Å². The largest absolute Gasteiger partial charge is 0.392 e. The Kier molecular flexibility index (Phi) is 4.13. The average Bonchev–Trinajstić information content (AvgIpc) is 2.32. The minimum atomic E-state index is -0.610. The molecule has 2 unspecified atom stereocenters. The standard InChI is InChI=1S/C15H26N2O2S/c1-5-19-11-6-10(14(11,3)4)17-13(18)15(12(16)20)7-9(2)8-15/h9-11H,5-8H2,1-4H3,(H2,16,20)(H,17,18). The van der Waals surface area contributed by atoms with Crippen LogP contribution in [0, 0.1) is 16.7 Å². The third-order valence-electron chi connectivity index (χ3n) is 5.15. The van der Waals surface area contributed by atoms with E-state index in [2.05, 4.69) is 26.1 Å². The second kappa shape index (κ2) is 5.26. The molecule has 0 spiro atoms. The van der Waals surface area contributed by atoms with Crippen LogP contribution in [0.15, 0.2) is 0 Å². The van der Waals surface area contributed by atoms with Crippen molar-refractivity contribution in [3.63, 3.8) is 0 Å². The summed E-state index contributed by atoms with van der Waals surface area (Å²) in [4.78, 5) is 12.9. The maximum Gasteiger partial charge on any atom is 0.233 e. The molecule has 0 aromatic carbocycles. The Hall–Kier alpha value is -0.680. The molecule has 20 heavy (non-hydrogen) atoms. The average molecular weight is 298 g/mol. The van der Waals surface area contributed by atoms with Gasteiger partial charge in [-0.3, -0.25) is 4.79 Å². The van der Waals surface area contributed by atoms with Gasteiger partial charge in [0.05, 0.1) is 16.5 Å². The second-order valence-corrected chi connectivity index (χ2v) is 7.43. The normalized spacial score (nSPS) is 38.5. The molecule has 4 nitrogen and oxygen atoms in total. The van der Waals surface area contributed by atoms with Gasteiger partial charge in [0.25, 0.3) is 0 Å². The van der Waals surface area contributed by atoms with E-state index in [0.717, 1.165) is 19.3 Å². The van der Waals surface area contributed by atoms with Crippen LogP contribution in [0.1, 0.15) is 47.0 Å². The number of ether oxygens (including phenoxy) is 1. The molecule has 2 atom stereocenters. The zero-order chi connectivity index (χ0) is 15.1. The quantitative estimate of drug-likeness (QED) is 0.762. The van der Waals surface area contributed by atoms with E-state index >= 15 is 0 Å². The van der Waals surface area contributed by atoms with Crippen molar-refractivity contribution in [1.29, 1.82) is 0 Å². The van der Waals surface area contributed by atoms with Crippen LogP contribution in [-0.4, -0.2) is 29.6 Å². The smallest absolute Gasteiger partial charge is 0.233 e. The summed E-state index contributed by atoms with van der Waals surface area (Å²) in [6.07, 6.45) is 2.64. The fourth-order valence-electron chi connectivity index (χ4n) is 3.54. The lowest BCUT2D eigenvalue weighted by Crippen LogP contribution is -2.66. The van der Waals surface area contributed by atoms with Gasteiger partial charge in [-0.2, -0.15) is 0 Å². The molecular weight excluding hydrogens is 272 g/mol. The van der Waals surface area contributed by atoms with Crippen LogP contribution >= 0.6 is 12.2 Å². The van der Waals surface area contributed by atoms with Gasteiger partial charge < -0.3 is 15.8 Å². The molecule has 2 aliphatic carbocycles. The Morgan fingerprint density at radius 1 is 1.45 bits per heavy atom. The van der Waals surface area contributed by atoms with E-state index in [-0.39, 0.29) is 23.5 Å². The molecule has 0 aromatic heterocycles. The van der Waals surface area contributed by atoms with Gasteiger partial charge in [0.15, 0.2) is 0 Å². The van der Waals surface area contributed by atoms with Crippen LogP contribution in [0.3, 0.4) is 0 Å². The van der Waals surface area contributed by atoms with Crippen molar-refractivity contribution >= 4 is 23.1 Å². The lowest BCUT2D eigenvalue weighted by Gasteiger charge is -2.53. The highest BCUT2D eigenvalue weighted by molar-refractivity contribution is 7.80. The Morgan fingerprint density at radius 3 is 2.45 bits per heavy atom. The third kappa shape index (κ3) is 2.35. The van der Waals surface area contributed by atoms with Crippen molar-refractivity contribution in [3.05, 3.63) is 0 Å². The van der Waals surface area contributed by atoms with E-state index < -0.39 is 5.41 Å². The second-order valence-electron chi connectivity index (χ2n) is 6.99. The van der Waals surface area contributed by atoms with E-state index in [1.54, 1.807) is 0 Å². The van der Waals surface area contributed by atoms with Crippen molar-refractivity contribution in [2.24, 2.45) is 22.5 Å². The number of nitrogens with two attached hydrogens (primary N) is 1. The van der Waals surface area contributed by atoms with E-state index in [0.29, 0.717) is 17.5 Å². The summed E-state index contributed by atoms with van der Waals surface area (Å²) in [5.41, 5.74) is 5.18. The first-order valence-electron chi connectivity index (χ1n) is 7.46. The van der Waals surface area contributed by atoms with E-state index in [9.17, 15) is 4.79 Å². The van der Waals surface area contributed by atoms with Crippen LogP contribution in [0.5, 0.6) is 0 Å². The zero-order valence-electron chi connectivity index (χ0n) is 12.9. The Morgan fingerprint density at radius 2 is 2.05 bits per heavy atom. The highest BCUT2D eigenvalue weighted by Crippen LogP contribution is 2.48. The Labute approximate surface area is 126 Å². The molecule has 0 aliphatic heterocycles. The monoisotopic (exact) mass is 298 g/mol. The lowest BCUT2D eigenvalue weighted by molar-refractivity contribution is -0.146. The number of carbonyl (C=O) groups is 1. The molecule has 114 valence electrons. The first kappa shape index (κ1) is 15.7. The highest BCUT2D eigenvalue weighted by Gasteiger charge is 2.55. The van der Waals surface area contributed by atoms with Gasteiger partial charge in [-0.05, 0) is 32.1 Å². The molecule has 2 aliphatic rings. The van der Waals surface area contributed by atoms with Crippen LogP contribution in [0.2, 0.25) is 0 Å². The predicted octanol–water partition coefficient (Wildman–Crippen LogP) is 2.01. The molecule has 3 N–H and O–H groups in total. The zero-order valence-corrected chi connectivity index (χ0v) is 13.7. The minimum Gasteiger partial charge on any atom is -0.392 e. The van der Waals surface area contributed by atoms with Crippen LogP contribution in [0.4, 0.5) is 0 Å². The third-order valence-corrected chi connectivity index (χ3v) is 5.54. The van der Waals surface area contributed by atoms with Gasteiger partial charge in [0.2, 0.25) is 5.91 Å². The number of hydrogen-bond donors (Lipinski definition) is 2. The molecule has 2 fully saturated rings. The van der Waals surface area contributed by atoms with Gasteiger partial charge in [-0.15, -0.1) is 0 Å². The first-order valence-corrected chi connectivity index (χ1v) is 7.87. The maximum absolute atomic E-state index is 12.6. The SMILES string of the molecule is CCOC1CC(NC(=O)C2(C(N)=S)CC(C)C2)C1(C)C. The highest BCUT2D eigenvalue weighted by atomic mass is 32.1. The summed E-state index contributed by atoms with van der Waals surface area (Å²) < 4.78 is 5.69. The van der Waals surface area contributed by atoms with E-state index in [1.807, 2.05) is 6.92 Å². The molecule has 0 radical (unpaired) electrons. The summed E-state index contributed by atoms with van der Waals surface area (Å²) in [5.74, 6) is 0.531. The molecular formula is C15H26N2O2S. The Bertz CT molecular complexity index is 416. The predicted molar refractivity (Wildman–Crippen MR) is 83.4 cm³/mol. The topological polar surface area (TPSA) is 64.3 Å². The van der Waals surface area contributed by atoms with E-state index in [4.69, 9.17) is 22.7 Å².